The number of nitrogens with zero attached hydrogens (tertiary/aromatic N) is 2. The number of nitrogens with one attached hydrogen (secondary N) is 1. The maximum Gasteiger partial charge on any atom is 0.165 e. The van der Waals surface area contributed by atoms with Crippen LogP contribution in [0.5, 0.6) is 0 Å². The molecule has 1 aromatic heterocycles. The Morgan fingerprint density at radius 2 is 2.18 bits per heavy atom. The number of rotatable bonds is 5. The molecule has 1 aromatic rings. The lowest BCUT2D eigenvalue weighted by molar-refractivity contribution is 0.483. The highest BCUT2D eigenvalue weighted by Gasteiger charge is 2.08. The summed E-state index contributed by atoms with van der Waals surface area (Å²) in [5.74, 6) is 1.40. The van der Waals surface area contributed by atoms with Gasteiger partial charge in [-0.2, -0.15) is 5.26 Å². The first-order valence-electron chi connectivity index (χ1n) is 6.00. The van der Waals surface area contributed by atoms with Crippen LogP contribution in [0.3, 0.4) is 0 Å². The van der Waals surface area contributed by atoms with Gasteiger partial charge in [0.15, 0.2) is 5.69 Å². The number of nitrogen functional groups attached to an aromatic ring is 1. The van der Waals surface area contributed by atoms with Gasteiger partial charge in [0.25, 0.3) is 0 Å². The summed E-state index contributed by atoms with van der Waals surface area (Å²) in [6.07, 6.45) is 2.26. The van der Waals surface area contributed by atoms with Gasteiger partial charge in [-0.1, -0.05) is 20.3 Å². The van der Waals surface area contributed by atoms with Crippen LogP contribution in [0.15, 0.2) is 12.1 Å². The zero-order valence-corrected chi connectivity index (χ0v) is 10.7. The van der Waals surface area contributed by atoms with Crippen molar-refractivity contribution in [3.05, 3.63) is 17.8 Å². The second kappa shape index (κ2) is 6.09. The van der Waals surface area contributed by atoms with Gasteiger partial charge in [-0.25, -0.2) is 4.98 Å². The number of aromatic nitrogens is 1. The molecule has 0 saturated heterocycles. The summed E-state index contributed by atoms with van der Waals surface area (Å²) in [6.45, 7) is 6.54. The van der Waals surface area contributed by atoms with Gasteiger partial charge in [0.1, 0.15) is 11.9 Å². The third kappa shape index (κ3) is 3.95. The van der Waals surface area contributed by atoms with Gasteiger partial charge in [-0.05, 0) is 31.4 Å². The van der Waals surface area contributed by atoms with Gasteiger partial charge in [-0.15, -0.1) is 0 Å². The van der Waals surface area contributed by atoms with E-state index in [1.54, 1.807) is 6.07 Å². The summed E-state index contributed by atoms with van der Waals surface area (Å²) in [7, 11) is 0. The Bertz CT molecular complexity index is 408. The molecule has 0 bridgehead atoms. The Balaban J connectivity index is 2.66. The predicted octanol–water partition coefficient (Wildman–Crippen LogP) is 2.77. The van der Waals surface area contributed by atoms with E-state index < -0.39 is 0 Å². The van der Waals surface area contributed by atoms with Crippen molar-refractivity contribution in [2.24, 2.45) is 5.92 Å². The maximum absolute atomic E-state index is 8.84. The molecule has 0 radical (unpaired) electrons. The highest BCUT2D eigenvalue weighted by molar-refractivity contribution is 5.54. The zero-order chi connectivity index (χ0) is 12.8. The van der Waals surface area contributed by atoms with Crippen LogP contribution in [0.25, 0.3) is 0 Å². The minimum absolute atomic E-state index is 0.283. The third-order valence-corrected chi connectivity index (χ3v) is 2.88. The van der Waals surface area contributed by atoms with Crippen LogP contribution in [0, 0.1) is 17.2 Å². The second-order valence-corrected chi connectivity index (χ2v) is 4.54. The molecule has 2 atom stereocenters. The van der Waals surface area contributed by atoms with Crippen LogP contribution in [-0.2, 0) is 0 Å². The first kappa shape index (κ1) is 13.3. The van der Waals surface area contributed by atoms with Gasteiger partial charge >= 0.3 is 0 Å². The van der Waals surface area contributed by atoms with E-state index in [1.807, 2.05) is 12.1 Å². The number of pyridine rings is 1. The van der Waals surface area contributed by atoms with Crippen LogP contribution >= 0.6 is 0 Å². The van der Waals surface area contributed by atoms with Crippen molar-refractivity contribution < 1.29 is 0 Å². The zero-order valence-electron chi connectivity index (χ0n) is 10.7. The maximum atomic E-state index is 8.84. The van der Waals surface area contributed by atoms with Gasteiger partial charge in [0, 0.05) is 6.04 Å². The standard InChI is InChI=1S/C13H20N4/c1-4-9(2)7-10(3)16-13-6-5-11(15)12(8-14)17-13/h5-6,9-10H,4,7,15H2,1-3H3,(H,16,17). The number of nitriles is 1. The van der Waals surface area contributed by atoms with Crippen LogP contribution in [0.1, 0.15) is 39.3 Å². The lowest BCUT2D eigenvalue weighted by Crippen LogP contribution is -2.19. The van der Waals surface area contributed by atoms with Crippen molar-refractivity contribution in [1.29, 1.82) is 5.26 Å². The SMILES string of the molecule is CCC(C)CC(C)Nc1ccc(N)c(C#N)n1. The second-order valence-electron chi connectivity index (χ2n) is 4.54. The minimum atomic E-state index is 0.283. The Labute approximate surface area is 103 Å². The molecular formula is C13H20N4. The highest BCUT2D eigenvalue weighted by Crippen LogP contribution is 2.16. The van der Waals surface area contributed by atoms with Gasteiger partial charge in [0.2, 0.25) is 0 Å². The number of nitrogens with two attached hydrogens (primary N) is 1. The summed E-state index contributed by atoms with van der Waals surface area (Å²) >= 11 is 0. The number of hydrogen-bond acceptors (Lipinski definition) is 4. The smallest absolute Gasteiger partial charge is 0.165 e. The molecule has 1 heterocycles. The molecule has 0 aromatic carbocycles. The van der Waals surface area contributed by atoms with E-state index in [4.69, 9.17) is 11.0 Å². The minimum Gasteiger partial charge on any atom is -0.396 e. The van der Waals surface area contributed by atoms with Gasteiger partial charge in [-0.3, -0.25) is 0 Å². The molecular weight excluding hydrogens is 212 g/mol. The molecule has 1 rings (SSSR count). The van der Waals surface area contributed by atoms with Gasteiger partial charge < -0.3 is 11.1 Å². The molecule has 0 aliphatic carbocycles. The monoisotopic (exact) mass is 232 g/mol. The van der Waals surface area contributed by atoms with Gasteiger partial charge in [0.05, 0.1) is 5.69 Å². The lowest BCUT2D eigenvalue weighted by Gasteiger charge is -2.18. The third-order valence-electron chi connectivity index (χ3n) is 2.88. The fraction of sp³-hybridized carbons (Fsp3) is 0.538. The summed E-state index contributed by atoms with van der Waals surface area (Å²) in [5.41, 5.74) is 6.33. The normalized spacial score (nSPS) is 13.8. The van der Waals surface area contributed by atoms with E-state index in [2.05, 4.69) is 31.1 Å². The Morgan fingerprint density at radius 3 is 2.76 bits per heavy atom. The number of hydrogen-bond donors (Lipinski definition) is 2. The average molecular weight is 232 g/mol. The molecule has 0 aliphatic rings. The van der Waals surface area contributed by atoms with Crippen molar-refractivity contribution in [1.82, 2.24) is 4.98 Å². The fourth-order valence-electron chi connectivity index (χ4n) is 1.72. The first-order valence-corrected chi connectivity index (χ1v) is 6.00. The van der Waals surface area contributed by atoms with Crippen molar-refractivity contribution in [3.63, 3.8) is 0 Å². The molecule has 17 heavy (non-hydrogen) atoms. The Hall–Kier alpha value is -1.76. The summed E-state index contributed by atoms with van der Waals surface area (Å²) in [5, 5.41) is 12.1. The molecule has 0 fully saturated rings. The summed E-state index contributed by atoms with van der Waals surface area (Å²) < 4.78 is 0. The molecule has 0 amide bonds. The molecule has 4 heteroatoms. The lowest BCUT2D eigenvalue weighted by atomic mass is 10.0. The van der Waals surface area contributed by atoms with E-state index >= 15 is 0 Å². The number of anilines is 2. The van der Waals surface area contributed by atoms with Crippen LogP contribution < -0.4 is 11.1 Å². The Kier molecular flexibility index (Phi) is 4.77. The molecule has 92 valence electrons. The molecule has 2 unspecified atom stereocenters. The molecule has 0 aliphatic heterocycles. The van der Waals surface area contributed by atoms with E-state index in [9.17, 15) is 0 Å². The molecule has 0 saturated carbocycles. The largest absolute Gasteiger partial charge is 0.396 e. The molecule has 3 N–H and O–H groups in total. The van der Waals surface area contributed by atoms with E-state index in [-0.39, 0.29) is 5.69 Å². The first-order chi connectivity index (χ1) is 8.06. The molecule has 4 nitrogen and oxygen atoms in total. The topological polar surface area (TPSA) is 74.7 Å². The highest BCUT2D eigenvalue weighted by atomic mass is 15.0. The van der Waals surface area contributed by atoms with Crippen molar-refractivity contribution in [2.45, 2.75) is 39.7 Å². The summed E-state index contributed by atoms with van der Waals surface area (Å²) in [6, 6.07) is 5.85. The van der Waals surface area contributed by atoms with Crippen molar-refractivity contribution in [2.75, 3.05) is 11.1 Å². The predicted molar refractivity (Wildman–Crippen MR) is 70.5 cm³/mol. The average Bonchev–Trinajstić information content (AvgIpc) is 2.31. The van der Waals surface area contributed by atoms with Crippen LogP contribution in [0.4, 0.5) is 11.5 Å². The van der Waals surface area contributed by atoms with E-state index in [0.717, 1.165) is 6.42 Å². The van der Waals surface area contributed by atoms with Crippen molar-refractivity contribution >= 4 is 11.5 Å². The fourth-order valence-corrected chi connectivity index (χ4v) is 1.72. The quantitative estimate of drug-likeness (QED) is 0.818. The van der Waals surface area contributed by atoms with Crippen LogP contribution in [0.2, 0.25) is 0 Å². The van der Waals surface area contributed by atoms with E-state index in [0.29, 0.717) is 23.5 Å². The van der Waals surface area contributed by atoms with Crippen molar-refractivity contribution in [3.8, 4) is 6.07 Å². The van der Waals surface area contributed by atoms with E-state index in [1.165, 1.54) is 6.42 Å². The van der Waals surface area contributed by atoms with Crippen LogP contribution in [-0.4, -0.2) is 11.0 Å². The summed E-state index contributed by atoms with van der Waals surface area (Å²) in [4.78, 5) is 4.17. The molecule has 0 spiro atoms. The Morgan fingerprint density at radius 1 is 1.47 bits per heavy atom.